The van der Waals surface area contributed by atoms with E-state index in [1.807, 2.05) is 6.92 Å². The van der Waals surface area contributed by atoms with Gasteiger partial charge in [0, 0.05) is 28.6 Å². The molecule has 0 amide bonds. The number of hydrogen-bond donors (Lipinski definition) is 0. The molecule has 0 spiro atoms. The molecule has 2 aromatic rings. The molecular formula is C15H12ClNO3. The number of nitrogens with zero attached hydrogens (tertiary/aromatic N) is 1. The van der Waals surface area contributed by atoms with Crippen LogP contribution >= 0.6 is 11.6 Å². The molecule has 0 atom stereocenters. The van der Waals surface area contributed by atoms with Crippen LogP contribution in [0.5, 0.6) is 0 Å². The number of aryl methyl sites for hydroxylation is 1. The standard InChI is InChI=1S/C15H12ClNO3/c1-10-8-12(6-7-13(10)16)15(18)9-11-4-2-3-5-14(11)17(19)20/h2-8H,9H2,1H3. The second-order valence-corrected chi connectivity index (χ2v) is 4.86. The van der Waals surface area contributed by atoms with Crippen molar-refractivity contribution in [2.45, 2.75) is 13.3 Å². The molecule has 0 aliphatic heterocycles. The van der Waals surface area contributed by atoms with Gasteiger partial charge >= 0.3 is 0 Å². The summed E-state index contributed by atoms with van der Waals surface area (Å²) < 4.78 is 0. The van der Waals surface area contributed by atoms with E-state index in [1.54, 1.807) is 36.4 Å². The van der Waals surface area contributed by atoms with Gasteiger partial charge in [0.2, 0.25) is 0 Å². The number of para-hydroxylation sites is 1. The minimum atomic E-state index is -0.476. The van der Waals surface area contributed by atoms with Crippen molar-refractivity contribution in [2.75, 3.05) is 0 Å². The molecule has 0 fully saturated rings. The van der Waals surface area contributed by atoms with E-state index in [0.29, 0.717) is 16.1 Å². The Balaban J connectivity index is 2.28. The molecule has 2 rings (SSSR count). The lowest BCUT2D eigenvalue weighted by atomic mass is 10.0. The van der Waals surface area contributed by atoms with Crippen LogP contribution in [-0.4, -0.2) is 10.7 Å². The molecule has 0 radical (unpaired) electrons. The van der Waals surface area contributed by atoms with E-state index in [0.717, 1.165) is 5.56 Å². The zero-order chi connectivity index (χ0) is 14.7. The second-order valence-electron chi connectivity index (χ2n) is 4.45. The van der Waals surface area contributed by atoms with Crippen LogP contribution in [0.25, 0.3) is 0 Å². The first-order valence-electron chi connectivity index (χ1n) is 6.00. The average molecular weight is 290 g/mol. The number of halogens is 1. The van der Waals surface area contributed by atoms with Crippen molar-refractivity contribution in [2.24, 2.45) is 0 Å². The summed E-state index contributed by atoms with van der Waals surface area (Å²) in [5.74, 6) is -0.168. The molecule has 2 aromatic carbocycles. The van der Waals surface area contributed by atoms with E-state index in [2.05, 4.69) is 0 Å². The third-order valence-electron chi connectivity index (χ3n) is 3.02. The van der Waals surface area contributed by atoms with Gasteiger partial charge in [-0.25, -0.2) is 0 Å². The first kappa shape index (κ1) is 14.2. The second kappa shape index (κ2) is 5.84. The maximum atomic E-state index is 12.2. The van der Waals surface area contributed by atoms with Crippen molar-refractivity contribution in [3.05, 3.63) is 74.3 Å². The Morgan fingerprint density at radius 1 is 1.25 bits per heavy atom. The molecule has 102 valence electrons. The number of carbonyl (C=O) groups excluding carboxylic acids is 1. The van der Waals surface area contributed by atoms with Gasteiger partial charge in [0.25, 0.3) is 5.69 Å². The van der Waals surface area contributed by atoms with Gasteiger partial charge in [0.05, 0.1) is 4.92 Å². The molecule has 0 aliphatic carbocycles. The Hall–Kier alpha value is -2.20. The summed E-state index contributed by atoms with van der Waals surface area (Å²) in [5.41, 5.74) is 1.69. The molecule has 0 bridgehead atoms. The van der Waals surface area contributed by atoms with Gasteiger partial charge in [-0.2, -0.15) is 0 Å². The van der Waals surface area contributed by atoms with Crippen LogP contribution in [0.2, 0.25) is 5.02 Å². The van der Waals surface area contributed by atoms with Gasteiger partial charge < -0.3 is 0 Å². The van der Waals surface area contributed by atoms with Gasteiger partial charge in [0.15, 0.2) is 5.78 Å². The Labute approximate surface area is 121 Å². The summed E-state index contributed by atoms with van der Waals surface area (Å²) in [6, 6.07) is 11.2. The van der Waals surface area contributed by atoms with Gasteiger partial charge in [-0.05, 0) is 30.7 Å². The molecule has 0 N–H and O–H groups in total. The molecule has 0 aliphatic rings. The number of benzene rings is 2. The Bertz CT molecular complexity index is 683. The summed E-state index contributed by atoms with van der Waals surface area (Å²) in [6.07, 6.45) is -0.00176. The largest absolute Gasteiger partial charge is 0.294 e. The van der Waals surface area contributed by atoms with E-state index in [-0.39, 0.29) is 17.9 Å². The first-order valence-corrected chi connectivity index (χ1v) is 6.38. The third-order valence-corrected chi connectivity index (χ3v) is 3.44. The van der Waals surface area contributed by atoms with Crippen molar-refractivity contribution in [1.29, 1.82) is 0 Å². The number of ketones is 1. The van der Waals surface area contributed by atoms with Crippen LogP contribution in [0.15, 0.2) is 42.5 Å². The first-order chi connectivity index (χ1) is 9.49. The maximum Gasteiger partial charge on any atom is 0.273 e. The fourth-order valence-electron chi connectivity index (χ4n) is 1.93. The zero-order valence-corrected chi connectivity index (χ0v) is 11.6. The number of nitro groups is 1. The summed E-state index contributed by atoms with van der Waals surface area (Å²) in [5, 5.41) is 11.5. The Kier molecular flexibility index (Phi) is 4.15. The lowest BCUT2D eigenvalue weighted by Gasteiger charge is -2.05. The normalized spacial score (nSPS) is 10.3. The molecule has 20 heavy (non-hydrogen) atoms. The van der Waals surface area contributed by atoms with Gasteiger partial charge in [-0.3, -0.25) is 14.9 Å². The zero-order valence-electron chi connectivity index (χ0n) is 10.8. The SMILES string of the molecule is Cc1cc(C(=O)Cc2ccccc2[N+](=O)[O-])ccc1Cl. The summed E-state index contributed by atoms with van der Waals surface area (Å²) in [6.45, 7) is 1.81. The summed E-state index contributed by atoms with van der Waals surface area (Å²) in [7, 11) is 0. The topological polar surface area (TPSA) is 60.2 Å². The summed E-state index contributed by atoms with van der Waals surface area (Å²) in [4.78, 5) is 22.6. The highest BCUT2D eigenvalue weighted by Crippen LogP contribution is 2.21. The molecule has 0 heterocycles. The van der Waals surface area contributed by atoms with E-state index in [9.17, 15) is 14.9 Å². The van der Waals surface area contributed by atoms with Gasteiger partial charge in [-0.15, -0.1) is 0 Å². The fraction of sp³-hybridized carbons (Fsp3) is 0.133. The monoisotopic (exact) mass is 289 g/mol. The predicted molar refractivity (Wildman–Crippen MR) is 77.3 cm³/mol. The van der Waals surface area contributed by atoms with Crippen LogP contribution in [0.3, 0.4) is 0 Å². The van der Waals surface area contributed by atoms with Crippen LogP contribution in [-0.2, 0) is 6.42 Å². The molecule has 0 unspecified atom stereocenters. The number of Topliss-reactive ketones (excluding diaryl/α,β-unsaturated/α-hetero) is 1. The van der Waals surface area contributed by atoms with Crippen molar-refractivity contribution in [1.82, 2.24) is 0 Å². The smallest absolute Gasteiger partial charge is 0.273 e. The van der Waals surface area contributed by atoms with E-state index in [1.165, 1.54) is 6.07 Å². The number of rotatable bonds is 4. The third kappa shape index (κ3) is 3.03. The molecular weight excluding hydrogens is 278 g/mol. The van der Waals surface area contributed by atoms with Crippen LogP contribution in [0.4, 0.5) is 5.69 Å². The molecule has 0 aromatic heterocycles. The Morgan fingerprint density at radius 2 is 1.95 bits per heavy atom. The minimum Gasteiger partial charge on any atom is -0.294 e. The minimum absolute atomic E-state index is 0.00176. The van der Waals surface area contributed by atoms with Gasteiger partial charge in [0.1, 0.15) is 0 Å². The van der Waals surface area contributed by atoms with Crippen LogP contribution in [0.1, 0.15) is 21.5 Å². The van der Waals surface area contributed by atoms with Crippen molar-refractivity contribution in [3.8, 4) is 0 Å². The number of hydrogen-bond acceptors (Lipinski definition) is 3. The molecule has 0 saturated carbocycles. The highest BCUT2D eigenvalue weighted by Gasteiger charge is 2.16. The van der Waals surface area contributed by atoms with Crippen LogP contribution < -0.4 is 0 Å². The van der Waals surface area contributed by atoms with Gasteiger partial charge in [-0.1, -0.05) is 29.8 Å². The summed E-state index contributed by atoms with van der Waals surface area (Å²) >= 11 is 5.91. The van der Waals surface area contributed by atoms with Crippen molar-refractivity contribution < 1.29 is 9.72 Å². The highest BCUT2D eigenvalue weighted by atomic mass is 35.5. The Morgan fingerprint density at radius 3 is 2.60 bits per heavy atom. The van der Waals surface area contributed by atoms with E-state index < -0.39 is 4.92 Å². The average Bonchev–Trinajstić information content (AvgIpc) is 2.42. The number of nitro benzene ring substituents is 1. The van der Waals surface area contributed by atoms with E-state index in [4.69, 9.17) is 11.6 Å². The van der Waals surface area contributed by atoms with Crippen molar-refractivity contribution in [3.63, 3.8) is 0 Å². The quantitative estimate of drug-likeness (QED) is 0.486. The number of carbonyl (C=O) groups is 1. The fourth-order valence-corrected chi connectivity index (χ4v) is 2.05. The lowest BCUT2D eigenvalue weighted by molar-refractivity contribution is -0.385. The predicted octanol–water partition coefficient (Wildman–Crippen LogP) is 3.98. The molecule has 4 nitrogen and oxygen atoms in total. The molecule has 5 heteroatoms. The lowest BCUT2D eigenvalue weighted by Crippen LogP contribution is -2.06. The highest BCUT2D eigenvalue weighted by molar-refractivity contribution is 6.31. The molecule has 0 saturated heterocycles. The van der Waals surface area contributed by atoms with Crippen molar-refractivity contribution >= 4 is 23.1 Å². The van der Waals surface area contributed by atoms with E-state index >= 15 is 0 Å². The van der Waals surface area contributed by atoms with Crippen LogP contribution in [0, 0.1) is 17.0 Å². The maximum absolute atomic E-state index is 12.2.